The number of aliphatic imine (C=N–C) groups is 2. The first-order valence-corrected chi connectivity index (χ1v) is 14.6. The van der Waals surface area contributed by atoms with Gasteiger partial charge in [-0.15, -0.1) is 0 Å². The SMILES string of the molecule is C=C(C)N=C(/C=C(\C)C(=C)NCc1ccc2c(c1)NC(=C)CC2)C(=C)NCc1ccc(C2=NCC(=C)N2)cc1CCC. The topological polar surface area (TPSA) is 72.8 Å². The van der Waals surface area contributed by atoms with E-state index >= 15 is 0 Å². The van der Waals surface area contributed by atoms with Crippen molar-refractivity contribution in [2.45, 2.75) is 59.5 Å². The highest BCUT2D eigenvalue weighted by Crippen LogP contribution is 2.27. The van der Waals surface area contributed by atoms with E-state index in [-0.39, 0.29) is 0 Å². The number of anilines is 1. The number of hydrogen-bond donors (Lipinski definition) is 4. The molecule has 0 saturated heterocycles. The van der Waals surface area contributed by atoms with Crippen molar-refractivity contribution >= 4 is 17.2 Å². The van der Waals surface area contributed by atoms with Crippen LogP contribution in [0.15, 0.2) is 119 Å². The molecular formula is C36H44N6. The summed E-state index contributed by atoms with van der Waals surface area (Å²) >= 11 is 0. The largest absolute Gasteiger partial charge is 0.381 e. The highest BCUT2D eigenvalue weighted by molar-refractivity contribution is 6.08. The molecule has 218 valence electrons. The Morgan fingerprint density at radius 1 is 0.929 bits per heavy atom. The zero-order valence-electron chi connectivity index (χ0n) is 25.4. The minimum atomic E-state index is 0.628. The number of fused-ring (bicyclic) bond motifs is 1. The molecule has 42 heavy (non-hydrogen) atoms. The van der Waals surface area contributed by atoms with Crippen LogP contribution >= 0.6 is 0 Å². The summed E-state index contributed by atoms with van der Waals surface area (Å²) in [5.41, 5.74) is 13.2. The third kappa shape index (κ3) is 8.00. The number of nitrogens with zero attached hydrogens (tertiary/aromatic N) is 2. The molecule has 2 aromatic carbocycles. The quantitative estimate of drug-likeness (QED) is 0.154. The van der Waals surface area contributed by atoms with Gasteiger partial charge in [0.05, 0.1) is 18.0 Å². The van der Waals surface area contributed by atoms with Gasteiger partial charge in [-0.05, 0) is 79.1 Å². The maximum atomic E-state index is 4.68. The Labute approximate surface area is 251 Å². The fourth-order valence-corrected chi connectivity index (χ4v) is 4.96. The summed E-state index contributed by atoms with van der Waals surface area (Å²) in [6, 6.07) is 13.1. The fourth-order valence-electron chi connectivity index (χ4n) is 4.96. The van der Waals surface area contributed by atoms with Gasteiger partial charge in [0.15, 0.2) is 0 Å². The molecule has 4 rings (SSSR count). The van der Waals surface area contributed by atoms with E-state index in [0.717, 1.165) is 76.8 Å². The highest BCUT2D eigenvalue weighted by atomic mass is 15.1. The van der Waals surface area contributed by atoms with Crippen LogP contribution in [0.4, 0.5) is 5.69 Å². The molecule has 0 unspecified atom stereocenters. The Kier molecular flexibility index (Phi) is 10.0. The van der Waals surface area contributed by atoms with E-state index in [4.69, 9.17) is 0 Å². The van der Waals surface area contributed by atoms with Gasteiger partial charge in [0.25, 0.3) is 0 Å². The van der Waals surface area contributed by atoms with E-state index < -0.39 is 0 Å². The van der Waals surface area contributed by atoms with Crippen LogP contribution in [0.3, 0.4) is 0 Å². The molecule has 2 heterocycles. The molecule has 2 aromatic rings. The zero-order valence-corrected chi connectivity index (χ0v) is 25.4. The molecule has 4 N–H and O–H groups in total. The van der Waals surface area contributed by atoms with Crippen molar-refractivity contribution in [3.63, 3.8) is 0 Å². The maximum Gasteiger partial charge on any atom is 0.132 e. The molecule has 0 aliphatic carbocycles. The van der Waals surface area contributed by atoms with Crippen molar-refractivity contribution in [3.05, 3.63) is 137 Å². The van der Waals surface area contributed by atoms with Crippen LogP contribution in [0.25, 0.3) is 0 Å². The molecule has 0 radical (unpaired) electrons. The van der Waals surface area contributed by atoms with Crippen LogP contribution in [0.5, 0.6) is 0 Å². The molecule has 0 fully saturated rings. The summed E-state index contributed by atoms with van der Waals surface area (Å²) < 4.78 is 0. The van der Waals surface area contributed by atoms with Crippen molar-refractivity contribution in [1.29, 1.82) is 0 Å². The first-order chi connectivity index (χ1) is 20.1. The molecule has 0 bridgehead atoms. The number of benzene rings is 2. The number of hydrogen-bond acceptors (Lipinski definition) is 6. The Balaban J connectivity index is 1.41. The summed E-state index contributed by atoms with van der Waals surface area (Å²) in [6.45, 7) is 28.7. The number of amidine groups is 1. The van der Waals surface area contributed by atoms with E-state index in [1.165, 1.54) is 22.3 Å². The molecule has 0 amide bonds. The Hall–Kier alpha value is -4.58. The van der Waals surface area contributed by atoms with E-state index in [1.807, 2.05) is 19.9 Å². The molecule has 0 saturated carbocycles. The van der Waals surface area contributed by atoms with Gasteiger partial charge in [0.1, 0.15) is 5.84 Å². The molecule has 0 spiro atoms. The van der Waals surface area contributed by atoms with E-state index in [1.54, 1.807) is 0 Å². The predicted molar refractivity (Wildman–Crippen MR) is 180 cm³/mol. The summed E-state index contributed by atoms with van der Waals surface area (Å²) in [6.07, 6.45) is 6.06. The normalized spacial score (nSPS) is 14.9. The van der Waals surface area contributed by atoms with E-state index in [9.17, 15) is 0 Å². The molecule has 2 aliphatic rings. The number of rotatable bonds is 13. The summed E-state index contributed by atoms with van der Waals surface area (Å²) in [7, 11) is 0. The van der Waals surface area contributed by atoms with Crippen LogP contribution in [0, 0.1) is 0 Å². The third-order valence-corrected chi connectivity index (χ3v) is 7.35. The van der Waals surface area contributed by atoms with Crippen LogP contribution in [0.1, 0.15) is 61.4 Å². The molecular weight excluding hydrogens is 516 g/mol. The van der Waals surface area contributed by atoms with Gasteiger partial charge in [0.2, 0.25) is 0 Å². The van der Waals surface area contributed by atoms with Gasteiger partial charge in [-0.25, -0.2) is 0 Å². The van der Waals surface area contributed by atoms with Gasteiger partial charge in [-0.3, -0.25) is 9.98 Å². The minimum Gasteiger partial charge on any atom is -0.381 e. The van der Waals surface area contributed by atoms with Crippen molar-refractivity contribution in [2.24, 2.45) is 9.98 Å². The Bertz CT molecular complexity index is 1520. The summed E-state index contributed by atoms with van der Waals surface area (Å²) in [5.74, 6) is 0.890. The zero-order chi connectivity index (χ0) is 30.2. The lowest BCUT2D eigenvalue weighted by molar-refractivity contribution is 0.814. The average molecular weight is 561 g/mol. The number of nitrogens with one attached hydrogen (secondary N) is 4. The molecule has 0 atom stereocenters. The lowest BCUT2D eigenvalue weighted by Gasteiger charge is -2.21. The second-order valence-electron chi connectivity index (χ2n) is 11.1. The molecule has 6 heteroatoms. The van der Waals surface area contributed by atoms with Crippen LogP contribution < -0.4 is 21.3 Å². The molecule has 0 aromatic heterocycles. The van der Waals surface area contributed by atoms with Gasteiger partial charge in [-0.2, -0.15) is 0 Å². The average Bonchev–Trinajstić information content (AvgIpc) is 3.40. The van der Waals surface area contributed by atoms with Gasteiger partial charge in [0, 0.05) is 47.1 Å². The predicted octanol–water partition coefficient (Wildman–Crippen LogP) is 7.20. The first kappa shape index (κ1) is 30.4. The van der Waals surface area contributed by atoms with E-state index in [0.29, 0.717) is 25.3 Å². The lowest BCUT2D eigenvalue weighted by Crippen LogP contribution is -2.21. The van der Waals surface area contributed by atoms with Gasteiger partial charge >= 0.3 is 0 Å². The molecule has 2 aliphatic heterocycles. The monoisotopic (exact) mass is 560 g/mol. The van der Waals surface area contributed by atoms with Crippen molar-refractivity contribution in [3.8, 4) is 0 Å². The van der Waals surface area contributed by atoms with E-state index in [2.05, 4.69) is 107 Å². The van der Waals surface area contributed by atoms with Crippen LogP contribution in [-0.4, -0.2) is 18.1 Å². The second kappa shape index (κ2) is 13.9. The van der Waals surface area contributed by atoms with Crippen molar-refractivity contribution in [2.75, 3.05) is 11.9 Å². The first-order valence-electron chi connectivity index (χ1n) is 14.6. The Morgan fingerprint density at radius 3 is 2.43 bits per heavy atom. The van der Waals surface area contributed by atoms with Gasteiger partial charge < -0.3 is 21.3 Å². The van der Waals surface area contributed by atoms with Crippen molar-refractivity contribution < 1.29 is 0 Å². The van der Waals surface area contributed by atoms with Crippen molar-refractivity contribution in [1.82, 2.24) is 16.0 Å². The van der Waals surface area contributed by atoms with Crippen LogP contribution in [0.2, 0.25) is 0 Å². The summed E-state index contributed by atoms with van der Waals surface area (Å²) in [5, 5.41) is 13.7. The number of aryl methyl sites for hydroxylation is 2. The lowest BCUT2D eigenvalue weighted by atomic mass is 9.99. The number of allylic oxidation sites excluding steroid dienone is 4. The fraction of sp³-hybridized carbons (Fsp3) is 0.278. The second-order valence-corrected chi connectivity index (χ2v) is 11.1. The standard InChI is InChI=1S/C36H44N6/c1-9-10-31-19-32(36-39-20-26(6)42-36)15-16-33(31)22-38-28(8)34(40-23(2)3)17-24(4)27(7)37-21-29-12-14-30-13-11-25(5)41-35(30)18-29/h12,14-19,37-38,41H,2,5-11,13,20-22H2,1,3-4H3,(H,39,42)/b24-17+,40-34?. The highest BCUT2D eigenvalue weighted by Gasteiger charge is 2.14. The Morgan fingerprint density at radius 2 is 1.71 bits per heavy atom. The smallest absolute Gasteiger partial charge is 0.132 e. The summed E-state index contributed by atoms with van der Waals surface area (Å²) in [4.78, 5) is 9.25. The van der Waals surface area contributed by atoms with Crippen LogP contribution in [-0.2, 0) is 25.9 Å². The minimum absolute atomic E-state index is 0.628. The molecule has 6 nitrogen and oxygen atoms in total. The van der Waals surface area contributed by atoms with Gasteiger partial charge in [-0.1, -0.05) is 70.5 Å². The maximum absolute atomic E-state index is 4.68. The third-order valence-electron chi connectivity index (χ3n) is 7.35.